The van der Waals surface area contributed by atoms with E-state index in [1.165, 1.54) is 6.08 Å². The van der Waals surface area contributed by atoms with Crippen molar-refractivity contribution in [3.63, 3.8) is 0 Å². The Labute approximate surface area is 252 Å². The summed E-state index contributed by atoms with van der Waals surface area (Å²) in [5.74, 6) is -6.49. The normalized spacial score (nSPS) is 19.7. The number of hydrogen-bond acceptors (Lipinski definition) is 5. The van der Waals surface area contributed by atoms with Crippen LogP contribution in [0.1, 0.15) is 63.0 Å². The average molecular weight is 597 g/mol. The molecule has 2 aromatic carbocycles. The zero-order valence-corrected chi connectivity index (χ0v) is 24.9. The molecule has 1 saturated carbocycles. The number of rotatable bonds is 18. The summed E-state index contributed by atoms with van der Waals surface area (Å²) in [7, 11) is 1.58. The first-order valence-electron chi connectivity index (χ1n) is 14.9. The Morgan fingerprint density at radius 2 is 1.79 bits per heavy atom. The predicted octanol–water partition coefficient (Wildman–Crippen LogP) is 7.41. The topological polar surface area (TPSA) is 89.9 Å². The number of hydrogen-bond donors (Lipinski definition) is 1. The van der Waals surface area contributed by atoms with Gasteiger partial charge in [-0.05, 0) is 60.9 Å². The number of benzene rings is 2. The van der Waals surface area contributed by atoms with Crippen molar-refractivity contribution >= 4 is 17.5 Å². The van der Waals surface area contributed by atoms with E-state index in [1.807, 2.05) is 54.6 Å². The van der Waals surface area contributed by atoms with E-state index < -0.39 is 42.0 Å². The zero-order valence-electron chi connectivity index (χ0n) is 24.9. The molecule has 232 valence electrons. The van der Waals surface area contributed by atoms with Crippen LogP contribution >= 0.6 is 0 Å². The van der Waals surface area contributed by atoms with Crippen molar-refractivity contribution in [2.45, 2.75) is 76.9 Å². The smallest absolute Gasteiger partial charge is 0.309 e. The summed E-state index contributed by atoms with van der Waals surface area (Å²) in [5, 5.41) is 8.98. The molecule has 0 saturated heterocycles. The number of methoxy groups -OCH3 is 1. The number of ether oxygens (including phenoxy) is 2. The van der Waals surface area contributed by atoms with Crippen LogP contribution in [-0.2, 0) is 32.1 Å². The minimum atomic E-state index is -3.47. The summed E-state index contributed by atoms with van der Waals surface area (Å²) < 4.78 is 40.6. The second-order valence-corrected chi connectivity index (χ2v) is 11.1. The van der Waals surface area contributed by atoms with Gasteiger partial charge in [0.05, 0.1) is 19.8 Å². The number of halogens is 2. The van der Waals surface area contributed by atoms with E-state index in [4.69, 9.17) is 14.6 Å². The van der Waals surface area contributed by atoms with Crippen molar-refractivity contribution in [3.05, 3.63) is 90.0 Å². The number of aliphatic carboxylic acids is 1. The van der Waals surface area contributed by atoms with Crippen molar-refractivity contribution in [3.8, 4) is 5.75 Å². The number of allylic oxidation sites excluding steroid dienone is 3. The van der Waals surface area contributed by atoms with Crippen LogP contribution in [0.5, 0.6) is 5.75 Å². The van der Waals surface area contributed by atoms with E-state index in [9.17, 15) is 23.2 Å². The molecule has 3 rings (SSSR count). The van der Waals surface area contributed by atoms with Crippen molar-refractivity contribution < 1.29 is 37.7 Å². The van der Waals surface area contributed by atoms with Gasteiger partial charge in [-0.25, -0.2) is 0 Å². The molecular weight excluding hydrogens is 554 g/mol. The lowest BCUT2D eigenvalue weighted by atomic mass is 9.78. The van der Waals surface area contributed by atoms with Crippen molar-refractivity contribution in [2.75, 3.05) is 7.11 Å². The quantitative estimate of drug-likeness (QED) is 0.110. The summed E-state index contributed by atoms with van der Waals surface area (Å²) >= 11 is 0. The van der Waals surface area contributed by atoms with E-state index in [-0.39, 0.29) is 37.6 Å². The van der Waals surface area contributed by atoms with Gasteiger partial charge in [-0.1, -0.05) is 74.0 Å². The van der Waals surface area contributed by atoms with Gasteiger partial charge in [-0.2, -0.15) is 8.78 Å². The Morgan fingerprint density at radius 1 is 1.07 bits per heavy atom. The third kappa shape index (κ3) is 10.5. The molecule has 0 heterocycles. The number of carboxylic acid groups (broad SMARTS) is 1. The van der Waals surface area contributed by atoms with Gasteiger partial charge in [0.25, 0.3) is 0 Å². The van der Waals surface area contributed by atoms with Gasteiger partial charge in [0.15, 0.2) is 0 Å². The molecule has 0 aliphatic heterocycles. The molecule has 1 fully saturated rings. The molecule has 1 N–H and O–H groups in total. The molecule has 43 heavy (non-hydrogen) atoms. The molecule has 4 atom stereocenters. The third-order valence-corrected chi connectivity index (χ3v) is 7.84. The first kappa shape index (κ1) is 33.8. The molecule has 8 heteroatoms. The summed E-state index contributed by atoms with van der Waals surface area (Å²) in [6.45, 7) is 1.99. The Bertz CT molecular complexity index is 1240. The third-order valence-electron chi connectivity index (χ3n) is 7.84. The van der Waals surface area contributed by atoms with Gasteiger partial charge in [0.2, 0.25) is 5.78 Å². The highest BCUT2D eigenvalue weighted by Gasteiger charge is 2.45. The zero-order chi connectivity index (χ0) is 31.2. The van der Waals surface area contributed by atoms with Crippen LogP contribution in [0, 0.1) is 17.8 Å². The number of unbranched alkanes of at least 4 members (excludes halogenated alkanes) is 2. The van der Waals surface area contributed by atoms with Crippen LogP contribution in [-0.4, -0.2) is 41.8 Å². The molecule has 0 spiro atoms. The van der Waals surface area contributed by atoms with Crippen molar-refractivity contribution in [2.24, 2.45) is 17.8 Å². The SMILES string of the molecule is CCCCC(F)(F)C(=O)/C=C/[C@@H]1[C@@H](C(C=CCCCC(=O)O)Cc2ccccc2)C(=O)C[C@H]1OCc1ccc(OC)cc1. The second kappa shape index (κ2) is 16.8. The average Bonchev–Trinajstić information content (AvgIpc) is 3.31. The molecule has 6 nitrogen and oxygen atoms in total. The lowest BCUT2D eigenvalue weighted by Gasteiger charge is -2.27. The van der Waals surface area contributed by atoms with E-state index in [0.717, 1.165) is 17.2 Å². The van der Waals surface area contributed by atoms with Gasteiger partial charge in [-0.15, -0.1) is 0 Å². The first-order valence-corrected chi connectivity index (χ1v) is 14.9. The molecule has 0 aromatic heterocycles. The minimum Gasteiger partial charge on any atom is -0.497 e. The van der Waals surface area contributed by atoms with Gasteiger partial charge in [0.1, 0.15) is 11.5 Å². The van der Waals surface area contributed by atoms with Crippen LogP contribution in [0.25, 0.3) is 0 Å². The van der Waals surface area contributed by atoms with Gasteiger partial charge >= 0.3 is 11.9 Å². The van der Waals surface area contributed by atoms with Crippen LogP contribution in [0.4, 0.5) is 8.78 Å². The predicted molar refractivity (Wildman–Crippen MR) is 161 cm³/mol. The lowest BCUT2D eigenvalue weighted by molar-refractivity contribution is -0.138. The van der Waals surface area contributed by atoms with E-state index in [1.54, 1.807) is 26.2 Å². The number of carbonyl (C=O) groups is 3. The Balaban J connectivity index is 1.90. The molecule has 0 amide bonds. The van der Waals surface area contributed by atoms with Gasteiger partial charge in [0, 0.05) is 31.1 Å². The van der Waals surface area contributed by atoms with Gasteiger partial charge in [-0.3, -0.25) is 14.4 Å². The monoisotopic (exact) mass is 596 g/mol. The lowest BCUT2D eigenvalue weighted by Crippen LogP contribution is -2.30. The van der Waals surface area contributed by atoms with Crippen LogP contribution in [0.15, 0.2) is 78.9 Å². The summed E-state index contributed by atoms with van der Waals surface area (Å²) in [4.78, 5) is 37.1. The molecule has 0 bridgehead atoms. The number of ketones is 2. The Kier molecular flexibility index (Phi) is 13.3. The fraction of sp³-hybridized carbons (Fsp3) is 0.457. The minimum absolute atomic E-state index is 0.0387. The van der Waals surface area contributed by atoms with Gasteiger partial charge < -0.3 is 14.6 Å². The molecule has 0 radical (unpaired) electrons. The molecule has 2 aromatic rings. The molecular formula is C35H42F2O6. The number of carboxylic acids is 1. The second-order valence-electron chi connectivity index (χ2n) is 11.1. The number of carbonyl (C=O) groups excluding carboxylic acids is 2. The fourth-order valence-electron chi connectivity index (χ4n) is 5.46. The van der Waals surface area contributed by atoms with Crippen LogP contribution in [0.3, 0.4) is 0 Å². The highest BCUT2D eigenvalue weighted by molar-refractivity contribution is 5.96. The Hall–Kier alpha value is -3.65. The van der Waals surface area contributed by atoms with E-state index in [2.05, 4.69) is 0 Å². The van der Waals surface area contributed by atoms with Crippen LogP contribution < -0.4 is 4.74 Å². The maximum absolute atomic E-state index is 14.6. The summed E-state index contributed by atoms with van der Waals surface area (Å²) in [5.41, 5.74) is 1.86. The number of Topliss-reactive ketones (excluding diaryl/α,β-unsaturated/α-hetero) is 1. The maximum Gasteiger partial charge on any atom is 0.309 e. The van der Waals surface area contributed by atoms with E-state index >= 15 is 0 Å². The molecule has 1 aliphatic carbocycles. The summed E-state index contributed by atoms with van der Waals surface area (Å²) in [6, 6.07) is 17.0. The standard InChI is InChI=1S/C35H42F2O6/c1-3-4-21-35(36,37)32(39)20-19-29-31(43-24-26-15-17-28(42-2)18-16-26)23-30(38)34(29)27(13-9-6-10-14-33(40)41)22-25-11-7-5-8-12-25/h5,7-9,11-13,15-20,27,29,31,34H,3-4,6,10,14,21-24H2,1-2H3,(H,40,41)/b13-9?,20-19+/t27?,29-,31+,34+/m0/s1. The van der Waals surface area contributed by atoms with E-state index in [0.29, 0.717) is 31.4 Å². The highest BCUT2D eigenvalue weighted by Crippen LogP contribution is 2.40. The Morgan fingerprint density at radius 3 is 2.44 bits per heavy atom. The van der Waals surface area contributed by atoms with Crippen LogP contribution in [0.2, 0.25) is 0 Å². The first-order chi connectivity index (χ1) is 20.6. The molecule has 1 aliphatic rings. The fourth-order valence-corrected chi connectivity index (χ4v) is 5.46. The number of alkyl halides is 2. The van der Waals surface area contributed by atoms with Crippen molar-refractivity contribution in [1.29, 1.82) is 0 Å². The molecule has 1 unspecified atom stereocenters. The largest absolute Gasteiger partial charge is 0.497 e. The van der Waals surface area contributed by atoms with Crippen molar-refractivity contribution in [1.82, 2.24) is 0 Å². The summed E-state index contributed by atoms with van der Waals surface area (Å²) in [6.07, 6.45) is 7.50. The maximum atomic E-state index is 14.6. The highest BCUT2D eigenvalue weighted by atomic mass is 19.3.